The van der Waals surface area contributed by atoms with Crippen LogP contribution in [-0.2, 0) is 14.4 Å². The van der Waals surface area contributed by atoms with Crippen LogP contribution in [0.15, 0.2) is 12.3 Å². The van der Waals surface area contributed by atoms with Gasteiger partial charge in [-0.1, -0.05) is 0 Å². The molecule has 2 aliphatic heterocycles. The first kappa shape index (κ1) is 16.5. The molecule has 2 saturated heterocycles. The maximum Gasteiger partial charge on any atom is 0.229 e. The molecular weight excluding hydrogens is 308 g/mol. The molecule has 1 aromatic rings. The fourth-order valence-electron chi connectivity index (χ4n) is 3.29. The lowest BCUT2D eigenvalue weighted by atomic mass is 9.95. The molecule has 0 saturated carbocycles. The Kier molecular flexibility index (Phi) is 4.87. The summed E-state index contributed by atoms with van der Waals surface area (Å²) in [5, 5.41) is 0. The number of amides is 3. The fourth-order valence-corrected chi connectivity index (χ4v) is 3.29. The second kappa shape index (κ2) is 7.07. The molecule has 2 fully saturated rings. The summed E-state index contributed by atoms with van der Waals surface area (Å²) in [7, 11) is 0. The van der Waals surface area contributed by atoms with Crippen LogP contribution in [0.5, 0.6) is 0 Å². The van der Waals surface area contributed by atoms with Gasteiger partial charge in [-0.15, -0.1) is 0 Å². The zero-order chi connectivity index (χ0) is 17.1. The highest BCUT2D eigenvalue weighted by Crippen LogP contribution is 2.25. The minimum atomic E-state index is -0.164. The van der Waals surface area contributed by atoms with Crippen molar-refractivity contribution in [3.05, 3.63) is 23.8 Å². The van der Waals surface area contributed by atoms with Crippen LogP contribution in [0.4, 0.5) is 0 Å². The Balaban J connectivity index is 1.48. The van der Waals surface area contributed by atoms with E-state index in [2.05, 4.69) is 9.97 Å². The van der Waals surface area contributed by atoms with E-state index >= 15 is 0 Å². The van der Waals surface area contributed by atoms with E-state index in [4.69, 9.17) is 0 Å². The molecule has 0 aromatic carbocycles. The minimum Gasteiger partial charge on any atom is -0.343 e. The summed E-state index contributed by atoms with van der Waals surface area (Å²) in [5.74, 6) is 0.823. The highest BCUT2D eigenvalue weighted by atomic mass is 16.2. The van der Waals surface area contributed by atoms with Crippen LogP contribution in [0.2, 0.25) is 0 Å². The summed E-state index contributed by atoms with van der Waals surface area (Å²) in [6.45, 7) is 3.49. The number of piperidine rings is 1. The van der Waals surface area contributed by atoms with E-state index in [9.17, 15) is 14.4 Å². The van der Waals surface area contributed by atoms with Crippen LogP contribution in [0.25, 0.3) is 0 Å². The number of carbonyl (C=O) groups excluding carboxylic acids is 3. The van der Waals surface area contributed by atoms with Crippen LogP contribution >= 0.6 is 0 Å². The van der Waals surface area contributed by atoms with E-state index in [0.717, 1.165) is 24.4 Å². The second-order valence-electron chi connectivity index (χ2n) is 6.40. The normalized spacial score (nSPS) is 19.2. The average molecular weight is 330 g/mol. The summed E-state index contributed by atoms with van der Waals surface area (Å²) >= 11 is 0. The van der Waals surface area contributed by atoms with Crippen molar-refractivity contribution < 1.29 is 14.4 Å². The second-order valence-corrected chi connectivity index (χ2v) is 6.40. The largest absolute Gasteiger partial charge is 0.343 e. The van der Waals surface area contributed by atoms with Gasteiger partial charge in [-0.2, -0.15) is 0 Å². The first-order valence-electron chi connectivity index (χ1n) is 8.45. The Morgan fingerprint density at radius 3 is 2.50 bits per heavy atom. The Morgan fingerprint density at radius 2 is 1.88 bits per heavy atom. The molecule has 0 bridgehead atoms. The Morgan fingerprint density at radius 1 is 1.21 bits per heavy atom. The number of aryl methyl sites for hydroxylation is 1. The molecule has 0 aliphatic carbocycles. The number of likely N-dealkylation sites (tertiary alicyclic amines) is 2. The summed E-state index contributed by atoms with van der Waals surface area (Å²) in [5.41, 5.74) is 0.957. The molecule has 2 aliphatic rings. The van der Waals surface area contributed by atoms with Crippen molar-refractivity contribution in [2.75, 3.05) is 19.6 Å². The third-order valence-corrected chi connectivity index (χ3v) is 4.73. The van der Waals surface area contributed by atoms with E-state index < -0.39 is 0 Å². The van der Waals surface area contributed by atoms with Crippen molar-refractivity contribution in [2.45, 2.75) is 44.9 Å². The van der Waals surface area contributed by atoms with Gasteiger partial charge in [0, 0.05) is 56.7 Å². The first-order chi connectivity index (χ1) is 11.5. The van der Waals surface area contributed by atoms with Crippen molar-refractivity contribution in [2.24, 2.45) is 0 Å². The number of rotatable bonds is 4. The fraction of sp³-hybridized carbons (Fsp3) is 0.588. The molecule has 1 aromatic heterocycles. The van der Waals surface area contributed by atoms with Crippen LogP contribution in [0.1, 0.15) is 49.5 Å². The van der Waals surface area contributed by atoms with Crippen molar-refractivity contribution in [3.63, 3.8) is 0 Å². The molecule has 24 heavy (non-hydrogen) atoms. The number of hydrogen-bond acceptors (Lipinski definition) is 5. The lowest BCUT2D eigenvalue weighted by Gasteiger charge is -2.31. The Hall–Kier alpha value is -2.31. The van der Waals surface area contributed by atoms with Crippen molar-refractivity contribution in [3.8, 4) is 0 Å². The zero-order valence-electron chi connectivity index (χ0n) is 13.9. The first-order valence-corrected chi connectivity index (χ1v) is 8.45. The molecule has 0 unspecified atom stereocenters. The van der Waals surface area contributed by atoms with Gasteiger partial charge in [0.25, 0.3) is 0 Å². The van der Waals surface area contributed by atoms with Crippen molar-refractivity contribution in [1.29, 1.82) is 0 Å². The van der Waals surface area contributed by atoms with Gasteiger partial charge in [-0.3, -0.25) is 19.3 Å². The van der Waals surface area contributed by atoms with Gasteiger partial charge >= 0.3 is 0 Å². The number of carbonyl (C=O) groups is 3. The van der Waals surface area contributed by atoms with E-state index in [1.54, 1.807) is 6.20 Å². The molecule has 3 amide bonds. The predicted molar refractivity (Wildman–Crippen MR) is 85.9 cm³/mol. The third kappa shape index (κ3) is 3.60. The lowest BCUT2D eigenvalue weighted by Crippen LogP contribution is -2.40. The molecular formula is C17H22N4O3. The summed E-state index contributed by atoms with van der Waals surface area (Å²) in [4.78, 5) is 47.3. The molecule has 0 N–H and O–H groups in total. The molecule has 3 rings (SSSR count). The monoisotopic (exact) mass is 330 g/mol. The van der Waals surface area contributed by atoms with Gasteiger partial charge < -0.3 is 4.90 Å². The molecule has 0 spiro atoms. The smallest absolute Gasteiger partial charge is 0.229 e. The molecule has 7 heteroatoms. The third-order valence-electron chi connectivity index (χ3n) is 4.73. The van der Waals surface area contributed by atoms with Crippen LogP contribution in [0.3, 0.4) is 0 Å². The summed E-state index contributed by atoms with van der Waals surface area (Å²) in [6, 6.07) is 1.88. The topological polar surface area (TPSA) is 83.5 Å². The van der Waals surface area contributed by atoms with E-state index in [1.165, 1.54) is 4.90 Å². The van der Waals surface area contributed by atoms with Crippen molar-refractivity contribution in [1.82, 2.24) is 19.8 Å². The van der Waals surface area contributed by atoms with Crippen molar-refractivity contribution >= 4 is 17.7 Å². The van der Waals surface area contributed by atoms with Gasteiger partial charge in [0.15, 0.2) is 0 Å². The SMILES string of the molecule is Cc1ccnc(C2CCN(C(=O)CCN3C(=O)CCC3=O)CC2)n1. The maximum absolute atomic E-state index is 12.3. The molecule has 0 atom stereocenters. The summed E-state index contributed by atoms with van der Waals surface area (Å²) < 4.78 is 0. The lowest BCUT2D eigenvalue weighted by molar-refractivity contribution is -0.139. The van der Waals surface area contributed by atoms with Gasteiger partial charge in [-0.25, -0.2) is 9.97 Å². The van der Waals surface area contributed by atoms with Crippen LogP contribution in [0, 0.1) is 6.92 Å². The van der Waals surface area contributed by atoms with Crippen LogP contribution < -0.4 is 0 Å². The molecule has 128 valence electrons. The average Bonchev–Trinajstić information content (AvgIpc) is 2.91. The van der Waals surface area contributed by atoms with Gasteiger partial charge in [0.05, 0.1) is 0 Å². The zero-order valence-corrected chi connectivity index (χ0v) is 13.9. The van der Waals surface area contributed by atoms with E-state index in [1.807, 2.05) is 17.9 Å². The van der Waals surface area contributed by atoms with Gasteiger partial charge in [0.2, 0.25) is 17.7 Å². The molecule has 0 radical (unpaired) electrons. The number of imide groups is 1. The number of aromatic nitrogens is 2. The van der Waals surface area contributed by atoms with E-state index in [0.29, 0.717) is 13.1 Å². The molecule has 3 heterocycles. The van der Waals surface area contributed by atoms with Gasteiger partial charge in [-0.05, 0) is 25.8 Å². The Labute approximate surface area is 141 Å². The standard InChI is InChI=1S/C17H22N4O3/c1-12-4-8-18-17(19-12)13-5-9-20(10-6-13)14(22)7-11-21-15(23)2-3-16(21)24/h4,8,13H,2-3,5-7,9-11H2,1H3. The van der Waals surface area contributed by atoms with Gasteiger partial charge in [0.1, 0.15) is 5.82 Å². The number of hydrogen-bond donors (Lipinski definition) is 0. The highest BCUT2D eigenvalue weighted by molar-refractivity contribution is 6.02. The highest BCUT2D eigenvalue weighted by Gasteiger charge is 2.30. The maximum atomic E-state index is 12.3. The molecule has 7 nitrogen and oxygen atoms in total. The quantitative estimate of drug-likeness (QED) is 0.770. The number of nitrogens with zero attached hydrogens (tertiary/aromatic N) is 4. The predicted octanol–water partition coefficient (Wildman–Crippen LogP) is 1.03. The summed E-state index contributed by atoms with van der Waals surface area (Å²) in [6.07, 6.45) is 4.22. The Bertz CT molecular complexity index is 637. The van der Waals surface area contributed by atoms with E-state index in [-0.39, 0.29) is 49.4 Å². The van der Waals surface area contributed by atoms with Crippen LogP contribution in [-0.4, -0.2) is 57.1 Å². The minimum absolute atomic E-state index is 0.00566.